The molecule has 2 aromatic carbocycles. The fourth-order valence-electron chi connectivity index (χ4n) is 2.24. The predicted octanol–water partition coefficient (Wildman–Crippen LogP) is 3.57. The zero-order valence-electron chi connectivity index (χ0n) is 13.8. The van der Waals surface area contributed by atoms with E-state index in [9.17, 15) is 13.6 Å². The van der Waals surface area contributed by atoms with E-state index < -0.39 is 12.5 Å². The third-order valence-corrected chi connectivity index (χ3v) is 3.30. The van der Waals surface area contributed by atoms with Crippen molar-refractivity contribution in [1.82, 2.24) is 0 Å². The first-order valence-corrected chi connectivity index (χ1v) is 7.16. The Morgan fingerprint density at radius 2 is 1.60 bits per heavy atom. The minimum atomic E-state index is -3.01. The first kappa shape index (κ1) is 18.3. The summed E-state index contributed by atoms with van der Waals surface area (Å²) in [4.78, 5) is 12.6. The summed E-state index contributed by atoms with van der Waals surface area (Å²) in [5, 5.41) is 2.52. The highest BCUT2D eigenvalue weighted by Crippen LogP contribution is 2.40. The molecule has 0 heterocycles. The second-order valence-electron chi connectivity index (χ2n) is 4.71. The van der Waals surface area contributed by atoms with Gasteiger partial charge in [0.25, 0.3) is 5.91 Å². The van der Waals surface area contributed by atoms with Crippen molar-refractivity contribution in [3.8, 4) is 23.0 Å². The molecule has 25 heavy (non-hydrogen) atoms. The Bertz CT molecular complexity index is 752. The molecule has 0 saturated carbocycles. The first-order valence-electron chi connectivity index (χ1n) is 7.16. The molecule has 0 atom stereocenters. The van der Waals surface area contributed by atoms with Crippen LogP contribution in [0.1, 0.15) is 10.4 Å². The number of methoxy groups -OCH3 is 3. The lowest BCUT2D eigenvalue weighted by molar-refractivity contribution is -0.0493. The Kier molecular flexibility index (Phi) is 5.99. The summed E-state index contributed by atoms with van der Waals surface area (Å²) >= 11 is 0. The van der Waals surface area contributed by atoms with Crippen LogP contribution in [0.2, 0.25) is 0 Å². The van der Waals surface area contributed by atoms with Crippen LogP contribution in [0.5, 0.6) is 23.0 Å². The van der Waals surface area contributed by atoms with Crippen molar-refractivity contribution >= 4 is 11.6 Å². The molecule has 0 aliphatic heterocycles. The number of nitrogens with one attached hydrogen (secondary N) is 1. The molecule has 1 N–H and O–H groups in total. The Morgan fingerprint density at radius 1 is 0.920 bits per heavy atom. The number of para-hydroxylation sites is 2. The van der Waals surface area contributed by atoms with Crippen molar-refractivity contribution < 1.29 is 32.5 Å². The molecule has 1 amide bonds. The van der Waals surface area contributed by atoms with E-state index in [1.807, 2.05) is 0 Å². The van der Waals surface area contributed by atoms with Crippen LogP contribution in [0.15, 0.2) is 36.4 Å². The van der Waals surface area contributed by atoms with E-state index in [0.717, 1.165) is 0 Å². The number of halogens is 2. The number of rotatable bonds is 7. The Hall–Kier alpha value is -3.03. The van der Waals surface area contributed by atoms with Crippen LogP contribution in [0, 0.1) is 0 Å². The van der Waals surface area contributed by atoms with Crippen LogP contribution in [0.25, 0.3) is 0 Å². The highest BCUT2D eigenvalue weighted by Gasteiger charge is 2.21. The minimum absolute atomic E-state index is 0.102. The number of amides is 1. The van der Waals surface area contributed by atoms with E-state index in [1.54, 1.807) is 6.07 Å². The van der Waals surface area contributed by atoms with Gasteiger partial charge in [0.15, 0.2) is 11.5 Å². The first-order chi connectivity index (χ1) is 12.0. The molecule has 0 saturated heterocycles. The van der Waals surface area contributed by atoms with Crippen LogP contribution in [0.3, 0.4) is 0 Å². The van der Waals surface area contributed by atoms with Crippen molar-refractivity contribution in [3.63, 3.8) is 0 Å². The number of hydrogen-bond acceptors (Lipinski definition) is 5. The highest BCUT2D eigenvalue weighted by molar-refractivity contribution is 6.07. The van der Waals surface area contributed by atoms with Crippen molar-refractivity contribution in [2.45, 2.75) is 6.61 Å². The molecule has 0 fully saturated rings. The van der Waals surface area contributed by atoms with Gasteiger partial charge in [-0.3, -0.25) is 4.79 Å². The third-order valence-electron chi connectivity index (χ3n) is 3.30. The normalized spacial score (nSPS) is 10.3. The van der Waals surface area contributed by atoms with Crippen LogP contribution >= 0.6 is 0 Å². The molecule has 0 bridgehead atoms. The number of carbonyl (C=O) groups excluding carboxylic acids is 1. The van der Waals surface area contributed by atoms with Gasteiger partial charge in [-0.2, -0.15) is 8.78 Å². The summed E-state index contributed by atoms with van der Waals surface area (Å²) in [7, 11) is 4.24. The average molecular weight is 353 g/mol. The number of carbonyl (C=O) groups is 1. The second kappa shape index (κ2) is 8.18. The SMILES string of the molecule is COc1ccc(C(=O)Nc2ccccc2OC(F)F)c(OC)c1OC. The van der Waals surface area contributed by atoms with Crippen molar-refractivity contribution in [2.75, 3.05) is 26.6 Å². The Morgan fingerprint density at radius 3 is 2.20 bits per heavy atom. The molecule has 0 aliphatic rings. The van der Waals surface area contributed by atoms with E-state index in [2.05, 4.69) is 10.1 Å². The number of benzene rings is 2. The van der Waals surface area contributed by atoms with E-state index in [1.165, 1.54) is 51.7 Å². The summed E-state index contributed by atoms with van der Waals surface area (Å²) < 4.78 is 45.0. The molecule has 0 aliphatic carbocycles. The zero-order chi connectivity index (χ0) is 18.4. The van der Waals surface area contributed by atoms with Crippen LogP contribution in [0.4, 0.5) is 14.5 Å². The van der Waals surface area contributed by atoms with Gasteiger partial charge >= 0.3 is 6.61 Å². The van der Waals surface area contributed by atoms with E-state index in [0.29, 0.717) is 5.75 Å². The highest BCUT2D eigenvalue weighted by atomic mass is 19.3. The van der Waals surface area contributed by atoms with Gasteiger partial charge in [0.2, 0.25) is 5.75 Å². The molecular weight excluding hydrogens is 336 g/mol. The van der Waals surface area contributed by atoms with Crippen LogP contribution < -0.4 is 24.3 Å². The molecule has 0 spiro atoms. The lowest BCUT2D eigenvalue weighted by Gasteiger charge is -2.16. The summed E-state index contributed by atoms with van der Waals surface area (Å²) in [6.45, 7) is -3.01. The number of anilines is 1. The summed E-state index contributed by atoms with van der Waals surface area (Å²) in [5.74, 6) is 0.0621. The van der Waals surface area contributed by atoms with Crippen molar-refractivity contribution in [3.05, 3.63) is 42.0 Å². The van der Waals surface area contributed by atoms with Crippen LogP contribution in [-0.2, 0) is 0 Å². The molecule has 2 rings (SSSR count). The molecule has 0 radical (unpaired) electrons. The summed E-state index contributed by atoms with van der Waals surface area (Å²) in [5.41, 5.74) is 0.247. The van der Waals surface area contributed by atoms with E-state index >= 15 is 0 Å². The van der Waals surface area contributed by atoms with Gasteiger partial charge in [-0.1, -0.05) is 12.1 Å². The maximum Gasteiger partial charge on any atom is 0.387 e. The van der Waals surface area contributed by atoms with Crippen LogP contribution in [-0.4, -0.2) is 33.8 Å². The monoisotopic (exact) mass is 353 g/mol. The van der Waals surface area contributed by atoms with Gasteiger partial charge in [0, 0.05) is 0 Å². The fraction of sp³-hybridized carbons (Fsp3) is 0.235. The number of hydrogen-bond donors (Lipinski definition) is 1. The molecule has 0 unspecified atom stereocenters. The second-order valence-corrected chi connectivity index (χ2v) is 4.71. The summed E-state index contributed by atoms with van der Waals surface area (Å²) in [6.07, 6.45) is 0. The van der Waals surface area contributed by atoms with Gasteiger partial charge in [-0.15, -0.1) is 0 Å². The van der Waals surface area contributed by atoms with E-state index in [-0.39, 0.29) is 28.5 Å². The average Bonchev–Trinajstić information content (AvgIpc) is 2.61. The van der Waals surface area contributed by atoms with Crippen molar-refractivity contribution in [1.29, 1.82) is 0 Å². The van der Waals surface area contributed by atoms with Gasteiger partial charge in [-0.05, 0) is 24.3 Å². The molecule has 134 valence electrons. The standard InChI is InChI=1S/C17H17F2NO5/c1-22-13-9-8-10(14(23-2)15(13)24-3)16(21)20-11-6-4-5-7-12(11)25-17(18)19/h4-9,17H,1-3H3,(H,20,21). The molecule has 6 nitrogen and oxygen atoms in total. The lowest BCUT2D eigenvalue weighted by Crippen LogP contribution is -2.15. The Balaban J connectivity index is 2.36. The largest absolute Gasteiger partial charge is 0.493 e. The van der Waals surface area contributed by atoms with Gasteiger partial charge in [0.05, 0.1) is 32.6 Å². The molecule has 2 aromatic rings. The maximum atomic E-state index is 12.6. The predicted molar refractivity (Wildman–Crippen MR) is 87.1 cm³/mol. The molecular formula is C17H17F2NO5. The molecule has 0 aromatic heterocycles. The maximum absolute atomic E-state index is 12.6. The van der Waals surface area contributed by atoms with E-state index in [4.69, 9.17) is 14.2 Å². The van der Waals surface area contributed by atoms with Crippen molar-refractivity contribution in [2.24, 2.45) is 0 Å². The van der Waals surface area contributed by atoms with Gasteiger partial charge < -0.3 is 24.3 Å². The van der Waals surface area contributed by atoms with Gasteiger partial charge in [0.1, 0.15) is 5.75 Å². The number of ether oxygens (including phenoxy) is 4. The van der Waals surface area contributed by atoms with Gasteiger partial charge in [-0.25, -0.2) is 0 Å². The molecule has 8 heteroatoms. The fourth-order valence-corrected chi connectivity index (χ4v) is 2.24. The Labute approximate surface area is 143 Å². The minimum Gasteiger partial charge on any atom is -0.493 e. The number of alkyl halides is 2. The third kappa shape index (κ3) is 4.09. The topological polar surface area (TPSA) is 66.0 Å². The zero-order valence-corrected chi connectivity index (χ0v) is 13.8. The lowest BCUT2D eigenvalue weighted by atomic mass is 10.1. The quantitative estimate of drug-likeness (QED) is 0.824. The summed E-state index contributed by atoms with van der Waals surface area (Å²) in [6, 6.07) is 8.89. The smallest absolute Gasteiger partial charge is 0.387 e.